The van der Waals surface area contributed by atoms with E-state index in [1.165, 1.54) is 36.2 Å². The van der Waals surface area contributed by atoms with Crippen LogP contribution in [0.1, 0.15) is 46.9 Å². The quantitative estimate of drug-likeness (QED) is 0.282. The van der Waals surface area contributed by atoms with Crippen LogP contribution in [-0.4, -0.2) is 30.4 Å². The normalized spacial score (nSPS) is 13.4. The van der Waals surface area contributed by atoms with E-state index in [0.29, 0.717) is 15.6 Å². The number of nitrogens with one attached hydrogen (secondary N) is 1. The molecule has 1 saturated carbocycles. The van der Waals surface area contributed by atoms with Gasteiger partial charge in [0.25, 0.3) is 18.0 Å². The topological polar surface area (TPSA) is 115 Å². The molecule has 0 atom stereocenters. The van der Waals surface area contributed by atoms with Crippen LogP contribution in [0.15, 0.2) is 64.8 Å². The minimum absolute atomic E-state index is 0.00478. The van der Waals surface area contributed by atoms with Gasteiger partial charge in [0.15, 0.2) is 5.65 Å². The number of rotatable bonds is 7. The average Bonchev–Trinajstić information content (AvgIpc) is 3.57. The zero-order valence-electron chi connectivity index (χ0n) is 17.4. The van der Waals surface area contributed by atoms with Gasteiger partial charge in [-0.2, -0.15) is 5.10 Å². The Hall–Kier alpha value is -3.93. The van der Waals surface area contributed by atoms with E-state index in [1.54, 1.807) is 30.5 Å². The Morgan fingerprint density at radius 1 is 1.24 bits per heavy atom. The van der Waals surface area contributed by atoms with Gasteiger partial charge in [-0.1, -0.05) is 17.8 Å². The van der Waals surface area contributed by atoms with E-state index in [2.05, 4.69) is 20.4 Å². The lowest BCUT2D eigenvalue weighted by molar-refractivity contribution is -0.385. The number of hydrogen-bond donors (Lipinski definition) is 1. The number of non-ortho nitro benzene ring substituents is 1. The van der Waals surface area contributed by atoms with Gasteiger partial charge in [0, 0.05) is 40.5 Å². The summed E-state index contributed by atoms with van der Waals surface area (Å²) in [6.07, 6.45) is 1.69. The number of carbonyl (C=O) groups excluding carboxylic acids is 1. The predicted octanol–water partition coefficient (Wildman–Crippen LogP) is 5.25. The predicted molar refractivity (Wildman–Crippen MR) is 119 cm³/mol. The van der Waals surface area contributed by atoms with Crippen LogP contribution in [0.5, 0.6) is 0 Å². The molecule has 1 fully saturated rings. The lowest BCUT2D eigenvalue weighted by atomic mass is 10.2. The third kappa shape index (κ3) is 4.44. The molecule has 0 aliphatic heterocycles. The van der Waals surface area contributed by atoms with Crippen LogP contribution in [0.3, 0.4) is 0 Å². The van der Waals surface area contributed by atoms with Crippen LogP contribution >= 0.6 is 11.8 Å². The van der Waals surface area contributed by atoms with Gasteiger partial charge in [0.05, 0.1) is 11.1 Å². The minimum atomic E-state index is -2.79. The van der Waals surface area contributed by atoms with Crippen molar-refractivity contribution in [1.82, 2.24) is 19.6 Å². The number of nitrogens with zero attached hydrogens (tertiary/aromatic N) is 5. The van der Waals surface area contributed by atoms with Crippen molar-refractivity contribution in [3.63, 3.8) is 0 Å². The third-order valence-electron chi connectivity index (χ3n) is 5.20. The fourth-order valence-electron chi connectivity index (χ4n) is 3.46. The zero-order chi connectivity index (χ0) is 23.8. The molecule has 0 radical (unpaired) electrons. The molecule has 3 aromatic heterocycles. The first-order valence-corrected chi connectivity index (χ1v) is 11.1. The van der Waals surface area contributed by atoms with Crippen molar-refractivity contribution in [2.24, 2.45) is 0 Å². The molecule has 172 valence electrons. The van der Waals surface area contributed by atoms with Crippen LogP contribution in [0.2, 0.25) is 0 Å². The lowest BCUT2D eigenvalue weighted by Crippen LogP contribution is -2.13. The minimum Gasteiger partial charge on any atom is -0.322 e. The number of anilines is 1. The van der Waals surface area contributed by atoms with Gasteiger partial charge in [-0.3, -0.25) is 14.9 Å². The van der Waals surface area contributed by atoms with E-state index in [0.717, 1.165) is 17.4 Å². The molecular formula is C22H16F2N6O3S. The van der Waals surface area contributed by atoms with Crippen LogP contribution in [0, 0.1) is 10.1 Å². The second-order valence-corrected chi connectivity index (χ2v) is 8.77. The standard InChI is InChI=1S/C22H16F2N6O3S/c23-20(24)18-10-17(12-4-5-12)28-21-16(11-26-29(18)21)22(31)27-13-7-14(30(32)33)9-15(8-13)34-19-3-1-2-6-25-19/h1-3,6-12,20H,4-5H2,(H,27,31). The maximum atomic E-state index is 13.6. The van der Waals surface area contributed by atoms with Gasteiger partial charge < -0.3 is 5.32 Å². The van der Waals surface area contributed by atoms with Gasteiger partial charge in [0.2, 0.25) is 0 Å². The van der Waals surface area contributed by atoms with Crippen LogP contribution in [0.25, 0.3) is 5.65 Å². The molecule has 1 aromatic carbocycles. The molecule has 0 spiro atoms. The molecule has 1 aliphatic carbocycles. The molecular weight excluding hydrogens is 466 g/mol. The van der Waals surface area contributed by atoms with E-state index in [-0.39, 0.29) is 34.2 Å². The van der Waals surface area contributed by atoms with Crippen molar-refractivity contribution in [3.05, 3.63) is 81.9 Å². The molecule has 12 heteroatoms. The number of nitro groups is 1. The Balaban J connectivity index is 1.49. The second kappa shape index (κ2) is 8.78. The van der Waals surface area contributed by atoms with E-state index >= 15 is 0 Å². The van der Waals surface area contributed by atoms with Gasteiger partial charge in [0.1, 0.15) is 16.3 Å². The number of alkyl halides is 2. The van der Waals surface area contributed by atoms with E-state index in [9.17, 15) is 23.7 Å². The number of pyridine rings is 1. The molecule has 5 rings (SSSR count). The van der Waals surface area contributed by atoms with Gasteiger partial charge in [-0.15, -0.1) is 0 Å². The summed E-state index contributed by atoms with van der Waals surface area (Å²) in [6.45, 7) is 0. The highest BCUT2D eigenvalue weighted by Crippen LogP contribution is 2.40. The highest BCUT2D eigenvalue weighted by Gasteiger charge is 2.29. The van der Waals surface area contributed by atoms with Crippen molar-refractivity contribution >= 4 is 34.7 Å². The average molecular weight is 482 g/mol. The summed E-state index contributed by atoms with van der Waals surface area (Å²) >= 11 is 1.20. The van der Waals surface area contributed by atoms with Crippen LogP contribution in [0.4, 0.5) is 20.2 Å². The van der Waals surface area contributed by atoms with Gasteiger partial charge >= 0.3 is 0 Å². The number of benzene rings is 1. The highest BCUT2D eigenvalue weighted by molar-refractivity contribution is 7.99. The summed E-state index contributed by atoms with van der Waals surface area (Å²) in [5.41, 5.74) is 0.132. The summed E-state index contributed by atoms with van der Waals surface area (Å²) < 4.78 is 28.2. The first kappa shape index (κ1) is 21.9. The number of aromatic nitrogens is 4. The van der Waals surface area contributed by atoms with Crippen molar-refractivity contribution in [3.8, 4) is 0 Å². The summed E-state index contributed by atoms with van der Waals surface area (Å²) in [5, 5.41) is 18.6. The largest absolute Gasteiger partial charge is 0.322 e. The molecule has 1 aliphatic rings. The van der Waals surface area contributed by atoms with Crippen molar-refractivity contribution in [2.75, 3.05) is 5.32 Å². The SMILES string of the molecule is O=C(Nc1cc(Sc2ccccn2)cc([N+](=O)[O-])c1)c1cnn2c(C(F)F)cc(C3CC3)nc12. The summed E-state index contributed by atoms with van der Waals surface area (Å²) in [5.74, 6) is -0.568. The number of fused-ring (bicyclic) bond motifs is 1. The molecule has 0 bridgehead atoms. The molecule has 3 heterocycles. The molecule has 1 amide bonds. The Morgan fingerprint density at radius 3 is 2.74 bits per heavy atom. The van der Waals surface area contributed by atoms with Crippen LogP contribution < -0.4 is 5.32 Å². The molecule has 34 heavy (non-hydrogen) atoms. The number of hydrogen-bond acceptors (Lipinski definition) is 7. The third-order valence-corrected chi connectivity index (χ3v) is 6.13. The zero-order valence-corrected chi connectivity index (χ0v) is 18.2. The van der Waals surface area contributed by atoms with E-state index < -0.39 is 17.3 Å². The van der Waals surface area contributed by atoms with E-state index in [4.69, 9.17) is 0 Å². The number of carbonyl (C=O) groups is 1. The van der Waals surface area contributed by atoms with Crippen molar-refractivity contribution in [1.29, 1.82) is 0 Å². The first-order valence-electron chi connectivity index (χ1n) is 10.3. The fraction of sp³-hybridized carbons (Fsp3) is 0.182. The number of nitro benzene ring substituents is 1. The highest BCUT2D eigenvalue weighted by atomic mass is 32.2. The van der Waals surface area contributed by atoms with Crippen molar-refractivity contribution in [2.45, 2.75) is 35.1 Å². The Labute approximate surface area is 195 Å². The number of halogens is 2. The summed E-state index contributed by atoms with van der Waals surface area (Å²) in [6, 6.07) is 10.8. The second-order valence-electron chi connectivity index (χ2n) is 7.67. The Morgan fingerprint density at radius 2 is 2.06 bits per heavy atom. The molecule has 4 aromatic rings. The lowest BCUT2D eigenvalue weighted by Gasteiger charge is -2.09. The van der Waals surface area contributed by atoms with Gasteiger partial charge in [-0.25, -0.2) is 23.3 Å². The molecule has 0 saturated heterocycles. The maximum absolute atomic E-state index is 13.6. The smallest absolute Gasteiger partial charge is 0.280 e. The summed E-state index contributed by atoms with van der Waals surface area (Å²) in [4.78, 5) is 33.0. The monoisotopic (exact) mass is 482 g/mol. The number of amides is 1. The van der Waals surface area contributed by atoms with Crippen LogP contribution in [-0.2, 0) is 0 Å². The molecule has 0 unspecified atom stereocenters. The molecule has 1 N–H and O–H groups in total. The van der Waals surface area contributed by atoms with Crippen molar-refractivity contribution < 1.29 is 18.5 Å². The van der Waals surface area contributed by atoms with Gasteiger partial charge in [-0.05, 0) is 37.1 Å². The fourth-order valence-corrected chi connectivity index (χ4v) is 4.32. The van der Waals surface area contributed by atoms with E-state index in [1.807, 2.05) is 0 Å². The Kier molecular flexibility index (Phi) is 5.65. The first-order chi connectivity index (χ1) is 16.4. The molecule has 9 nitrogen and oxygen atoms in total. The summed E-state index contributed by atoms with van der Waals surface area (Å²) in [7, 11) is 0. The maximum Gasteiger partial charge on any atom is 0.280 e. The Bertz CT molecular complexity index is 1410.